The third-order valence-corrected chi connectivity index (χ3v) is 3.48. The van der Waals surface area contributed by atoms with Crippen LogP contribution in [0.1, 0.15) is 19.3 Å². The van der Waals surface area contributed by atoms with Crippen molar-refractivity contribution in [3.8, 4) is 11.5 Å². The van der Waals surface area contributed by atoms with E-state index in [2.05, 4.69) is 15.5 Å². The molecule has 1 N–H and O–H groups in total. The number of ether oxygens (including phenoxy) is 1. The molecule has 1 fully saturated rings. The number of carbonyl (C=O) groups excluding carboxylic acids is 2. The highest BCUT2D eigenvalue weighted by atomic mass is 16.5. The van der Waals surface area contributed by atoms with Crippen LogP contribution >= 0.6 is 0 Å². The van der Waals surface area contributed by atoms with Gasteiger partial charge in [-0.2, -0.15) is 0 Å². The number of benzene rings is 1. The molecule has 0 atom stereocenters. The first-order chi connectivity index (χ1) is 10.7. The highest BCUT2D eigenvalue weighted by Gasteiger charge is 2.27. The second-order valence-corrected chi connectivity index (χ2v) is 5.06. The van der Waals surface area contributed by atoms with E-state index < -0.39 is 5.91 Å². The third kappa shape index (κ3) is 3.30. The zero-order chi connectivity index (χ0) is 15.4. The zero-order valence-corrected chi connectivity index (χ0v) is 11.8. The average Bonchev–Trinajstić information content (AvgIpc) is 2.93. The van der Waals surface area contributed by atoms with E-state index in [9.17, 15) is 9.59 Å². The molecule has 22 heavy (non-hydrogen) atoms. The van der Waals surface area contributed by atoms with Gasteiger partial charge in [0.25, 0.3) is 5.91 Å². The molecule has 1 aliphatic rings. The van der Waals surface area contributed by atoms with Gasteiger partial charge >= 0.3 is 12.0 Å². The van der Waals surface area contributed by atoms with Gasteiger partial charge < -0.3 is 9.15 Å². The van der Waals surface area contributed by atoms with Crippen LogP contribution in [0.15, 0.2) is 34.7 Å². The van der Waals surface area contributed by atoms with E-state index in [-0.39, 0.29) is 24.5 Å². The molecule has 0 unspecified atom stereocenters. The number of nitrogens with zero attached hydrogens (tertiary/aromatic N) is 2. The molecule has 1 aliphatic carbocycles. The monoisotopic (exact) mass is 301 g/mol. The normalized spacial score (nSPS) is 14.2. The summed E-state index contributed by atoms with van der Waals surface area (Å²) in [5.41, 5.74) is 0.756. The van der Waals surface area contributed by atoms with Crippen molar-refractivity contribution in [2.75, 3.05) is 11.9 Å². The standard InChI is InChI=1S/C15H15N3O4/c19-12(9-21-14(20)11-7-4-8-11)16-15-18-17-13(22-15)10-5-2-1-3-6-10/h1-3,5-6,11H,4,7-9H2,(H,16,18,19). The first kappa shape index (κ1) is 14.2. The van der Waals surface area contributed by atoms with Gasteiger partial charge in [-0.05, 0) is 25.0 Å². The van der Waals surface area contributed by atoms with Crippen LogP contribution in [0.4, 0.5) is 6.01 Å². The van der Waals surface area contributed by atoms with E-state index in [1.54, 1.807) is 0 Å². The Labute approximate surface area is 126 Å². The summed E-state index contributed by atoms with van der Waals surface area (Å²) in [5, 5.41) is 9.99. The van der Waals surface area contributed by atoms with E-state index in [4.69, 9.17) is 9.15 Å². The van der Waals surface area contributed by atoms with Crippen LogP contribution in [0.2, 0.25) is 0 Å². The Morgan fingerprint density at radius 3 is 2.68 bits per heavy atom. The predicted molar refractivity (Wildman–Crippen MR) is 76.7 cm³/mol. The van der Waals surface area contributed by atoms with Crippen LogP contribution in [0.25, 0.3) is 11.5 Å². The Kier molecular flexibility index (Phi) is 4.13. The maximum absolute atomic E-state index is 11.7. The van der Waals surface area contributed by atoms with Gasteiger partial charge in [-0.15, -0.1) is 5.10 Å². The second-order valence-electron chi connectivity index (χ2n) is 5.06. The first-order valence-electron chi connectivity index (χ1n) is 7.08. The molecule has 7 nitrogen and oxygen atoms in total. The Morgan fingerprint density at radius 2 is 2.00 bits per heavy atom. The van der Waals surface area contributed by atoms with Crippen LogP contribution in [0, 0.1) is 5.92 Å². The van der Waals surface area contributed by atoms with Crippen molar-refractivity contribution in [1.82, 2.24) is 10.2 Å². The van der Waals surface area contributed by atoms with E-state index >= 15 is 0 Å². The number of aromatic nitrogens is 2. The molecule has 3 rings (SSSR count). The van der Waals surface area contributed by atoms with Gasteiger partial charge in [0.1, 0.15) is 0 Å². The number of rotatable bonds is 5. The molecule has 1 saturated carbocycles. The van der Waals surface area contributed by atoms with Crippen LogP contribution < -0.4 is 5.32 Å². The molecular formula is C15H15N3O4. The molecule has 2 aromatic rings. The summed E-state index contributed by atoms with van der Waals surface area (Å²) in [5.74, 6) is -0.573. The van der Waals surface area contributed by atoms with Crippen molar-refractivity contribution in [3.63, 3.8) is 0 Å². The van der Waals surface area contributed by atoms with Gasteiger partial charge in [0, 0.05) is 5.56 Å². The smallest absolute Gasteiger partial charge is 0.322 e. The minimum atomic E-state index is -0.504. The molecule has 0 spiro atoms. The van der Waals surface area contributed by atoms with E-state index in [0.29, 0.717) is 5.89 Å². The number of hydrogen-bond donors (Lipinski definition) is 1. The predicted octanol–water partition coefficient (Wildman–Crippen LogP) is 2.02. The number of carbonyl (C=O) groups is 2. The maximum Gasteiger partial charge on any atom is 0.322 e. The fourth-order valence-electron chi connectivity index (χ4n) is 2.02. The van der Waals surface area contributed by atoms with Crippen molar-refractivity contribution in [2.45, 2.75) is 19.3 Å². The quantitative estimate of drug-likeness (QED) is 0.849. The molecule has 7 heteroatoms. The lowest BCUT2D eigenvalue weighted by Gasteiger charge is -2.22. The summed E-state index contributed by atoms with van der Waals surface area (Å²) in [7, 11) is 0. The maximum atomic E-state index is 11.7. The highest BCUT2D eigenvalue weighted by molar-refractivity contribution is 5.91. The summed E-state index contributed by atoms with van der Waals surface area (Å²) >= 11 is 0. The molecule has 1 amide bonds. The fraction of sp³-hybridized carbons (Fsp3) is 0.333. The molecule has 0 saturated heterocycles. The largest absolute Gasteiger partial charge is 0.455 e. The van der Waals surface area contributed by atoms with Gasteiger partial charge in [-0.3, -0.25) is 14.9 Å². The molecular weight excluding hydrogens is 286 g/mol. The van der Waals surface area contributed by atoms with Gasteiger partial charge in [-0.1, -0.05) is 29.7 Å². The van der Waals surface area contributed by atoms with E-state index in [1.807, 2.05) is 30.3 Å². The third-order valence-electron chi connectivity index (χ3n) is 3.48. The summed E-state index contributed by atoms with van der Waals surface area (Å²) in [6.45, 7) is -0.349. The first-order valence-corrected chi connectivity index (χ1v) is 7.08. The van der Waals surface area contributed by atoms with Gasteiger partial charge in [0.05, 0.1) is 5.92 Å². The van der Waals surface area contributed by atoms with Crippen molar-refractivity contribution in [2.24, 2.45) is 5.92 Å². The summed E-state index contributed by atoms with van der Waals surface area (Å²) in [6, 6.07) is 9.18. The fourth-order valence-corrected chi connectivity index (χ4v) is 2.02. The van der Waals surface area contributed by atoms with Crippen LogP contribution in [0.3, 0.4) is 0 Å². The molecule has 1 aromatic heterocycles. The lowest BCUT2D eigenvalue weighted by molar-refractivity contribution is -0.154. The Hall–Kier alpha value is -2.70. The van der Waals surface area contributed by atoms with Crippen molar-refractivity contribution in [3.05, 3.63) is 30.3 Å². The molecule has 0 bridgehead atoms. The summed E-state index contributed by atoms with van der Waals surface area (Å²) in [6.07, 6.45) is 2.71. The highest BCUT2D eigenvalue weighted by Crippen LogP contribution is 2.27. The lowest BCUT2D eigenvalue weighted by atomic mass is 9.86. The number of amides is 1. The number of nitrogens with one attached hydrogen (secondary N) is 1. The Bertz CT molecular complexity index is 664. The number of esters is 1. The molecule has 0 radical (unpaired) electrons. The minimum Gasteiger partial charge on any atom is -0.455 e. The Balaban J connectivity index is 1.51. The van der Waals surface area contributed by atoms with Crippen molar-refractivity contribution >= 4 is 17.9 Å². The molecule has 114 valence electrons. The zero-order valence-electron chi connectivity index (χ0n) is 11.8. The summed E-state index contributed by atoms with van der Waals surface area (Å²) in [4.78, 5) is 23.2. The van der Waals surface area contributed by atoms with Gasteiger partial charge in [0.2, 0.25) is 5.89 Å². The van der Waals surface area contributed by atoms with Crippen LogP contribution in [-0.4, -0.2) is 28.7 Å². The van der Waals surface area contributed by atoms with Crippen LogP contribution in [0.5, 0.6) is 0 Å². The number of anilines is 1. The van der Waals surface area contributed by atoms with E-state index in [1.165, 1.54) is 0 Å². The molecule has 1 aromatic carbocycles. The van der Waals surface area contributed by atoms with Gasteiger partial charge in [-0.25, -0.2) is 0 Å². The van der Waals surface area contributed by atoms with E-state index in [0.717, 1.165) is 24.8 Å². The average molecular weight is 301 g/mol. The number of hydrogen-bond acceptors (Lipinski definition) is 6. The lowest BCUT2D eigenvalue weighted by Crippen LogP contribution is -2.28. The second kappa shape index (κ2) is 6.38. The molecule has 0 aliphatic heterocycles. The minimum absolute atomic E-state index is 0.0245. The van der Waals surface area contributed by atoms with Crippen molar-refractivity contribution < 1.29 is 18.7 Å². The summed E-state index contributed by atoms with van der Waals surface area (Å²) < 4.78 is 10.3. The van der Waals surface area contributed by atoms with Crippen molar-refractivity contribution in [1.29, 1.82) is 0 Å². The SMILES string of the molecule is O=C(COC(=O)C1CCC1)Nc1nnc(-c2ccccc2)o1. The topological polar surface area (TPSA) is 94.3 Å². The van der Waals surface area contributed by atoms with Crippen LogP contribution in [-0.2, 0) is 14.3 Å². The Morgan fingerprint density at radius 1 is 1.23 bits per heavy atom. The molecule has 1 heterocycles. The van der Waals surface area contributed by atoms with Gasteiger partial charge in [0.15, 0.2) is 6.61 Å².